The SMILES string of the molecule is O=C(NC1CCCC1)c1nnn2c1CO[C@H](c1ccccc1)C2. The lowest BCUT2D eigenvalue weighted by atomic mass is 10.1. The average molecular weight is 312 g/mol. The van der Waals surface area contributed by atoms with Gasteiger partial charge in [0, 0.05) is 6.04 Å². The maximum atomic E-state index is 12.4. The second kappa shape index (κ2) is 6.12. The van der Waals surface area contributed by atoms with Crippen LogP contribution in [0.3, 0.4) is 0 Å². The molecular formula is C17H20N4O2. The number of rotatable bonds is 3. The molecular weight excluding hydrogens is 292 g/mol. The van der Waals surface area contributed by atoms with E-state index in [1.54, 1.807) is 4.68 Å². The molecule has 0 saturated heterocycles. The average Bonchev–Trinajstić information content (AvgIpc) is 3.24. The Kier molecular flexibility index (Phi) is 3.83. The topological polar surface area (TPSA) is 69.0 Å². The Morgan fingerprint density at radius 2 is 2.00 bits per heavy atom. The summed E-state index contributed by atoms with van der Waals surface area (Å²) in [6.07, 6.45) is 4.44. The molecule has 1 aromatic heterocycles. The van der Waals surface area contributed by atoms with Gasteiger partial charge in [0.1, 0.15) is 6.10 Å². The zero-order valence-electron chi connectivity index (χ0n) is 12.9. The van der Waals surface area contributed by atoms with Gasteiger partial charge in [0.25, 0.3) is 5.91 Å². The largest absolute Gasteiger partial charge is 0.365 e. The fourth-order valence-corrected chi connectivity index (χ4v) is 3.38. The molecule has 2 heterocycles. The van der Waals surface area contributed by atoms with Crippen LogP contribution < -0.4 is 5.32 Å². The van der Waals surface area contributed by atoms with Crippen molar-refractivity contribution in [3.63, 3.8) is 0 Å². The second-order valence-electron chi connectivity index (χ2n) is 6.23. The van der Waals surface area contributed by atoms with Gasteiger partial charge in [0.05, 0.1) is 18.8 Å². The monoisotopic (exact) mass is 312 g/mol. The second-order valence-corrected chi connectivity index (χ2v) is 6.23. The van der Waals surface area contributed by atoms with Gasteiger partial charge in [-0.1, -0.05) is 48.4 Å². The van der Waals surface area contributed by atoms with Crippen molar-refractivity contribution in [1.29, 1.82) is 0 Å². The number of hydrogen-bond acceptors (Lipinski definition) is 4. The predicted molar refractivity (Wildman–Crippen MR) is 83.7 cm³/mol. The van der Waals surface area contributed by atoms with Gasteiger partial charge in [-0.15, -0.1) is 5.10 Å². The van der Waals surface area contributed by atoms with E-state index in [0.29, 0.717) is 18.8 Å². The van der Waals surface area contributed by atoms with Crippen molar-refractivity contribution >= 4 is 5.91 Å². The van der Waals surface area contributed by atoms with Crippen LogP contribution in [0.5, 0.6) is 0 Å². The van der Waals surface area contributed by atoms with E-state index in [1.165, 1.54) is 12.8 Å². The lowest BCUT2D eigenvalue weighted by molar-refractivity contribution is -0.00178. The standard InChI is InChI=1S/C17H20N4O2/c22-17(18-13-8-4-5-9-13)16-14-11-23-15(10-21(14)20-19-16)12-6-2-1-3-7-12/h1-3,6-7,13,15H,4-5,8-11H2,(H,18,22)/t15-/m0/s1. The lowest BCUT2D eigenvalue weighted by Crippen LogP contribution is -2.34. The molecule has 0 bridgehead atoms. The Bertz CT molecular complexity index is 692. The highest BCUT2D eigenvalue weighted by atomic mass is 16.5. The Hall–Kier alpha value is -2.21. The van der Waals surface area contributed by atoms with Gasteiger partial charge >= 0.3 is 0 Å². The van der Waals surface area contributed by atoms with Crippen LogP contribution in [0.1, 0.15) is 53.5 Å². The third kappa shape index (κ3) is 2.86. The van der Waals surface area contributed by atoms with Gasteiger partial charge in [0.15, 0.2) is 5.69 Å². The molecule has 4 rings (SSSR count). The summed E-state index contributed by atoms with van der Waals surface area (Å²) in [6.45, 7) is 0.947. The van der Waals surface area contributed by atoms with Crippen molar-refractivity contribution in [3.05, 3.63) is 47.3 Å². The maximum absolute atomic E-state index is 12.4. The van der Waals surface area contributed by atoms with Crippen LogP contribution in [0.15, 0.2) is 30.3 Å². The zero-order valence-corrected chi connectivity index (χ0v) is 12.9. The molecule has 2 aliphatic rings. The van der Waals surface area contributed by atoms with Gasteiger partial charge in [0.2, 0.25) is 0 Å². The zero-order chi connectivity index (χ0) is 15.6. The van der Waals surface area contributed by atoms with Gasteiger partial charge in [-0.3, -0.25) is 4.79 Å². The number of benzene rings is 1. The first kappa shape index (κ1) is 14.4. The van der Waals surface area contributed by atoms with Crippen LogP contribution in [0, 0.1) is 0 Å². The molecule has 1 saturated carbocycles. The Morgan fingerprint density at radius 1 is 1.22 bits per heavy atom. The summed E-state index contributed by atoms with van der Waals surface area (Å²) >= 11 is 0. The number of hydrogen-bond donors (Lipinski definition) is 1. The van der Waals surface area contributed by atoms with E-state index in [0.717, 1.165) is 24.1 Å². The fourth-order valence-electron chi connectivity index (χ4n) is 3.38. The van der Waals surface area contributed by atoms with E-state index in [4.69, 9.17) is 4.74 Å². The predicted octanol–water partition coefficient (Wildman–Crippen LogP) is 2.22. The summed E-state index contributed by atoms with van der Waals surface area (Å²) in [6, 6.07) is 10.3. The van der Waals surface area contributed by atoms with Gasteiger partial charge in [-0.2, -0.15) is 0 Å². The Balaban J connectivity index is 1.49. The minimum absolute atomic E-state index is 0.0452. The van der Waals surface area contributed by atoms with Gasteiger partial charge < -0.3 is 10.1 Å². The summed E-state index contributed by atoms with van der Waals surface area (Å²) in [5.74, 6) is -0.125. The summed E-state index contributed by atoms with van der Waals surface area (Å²) in [4.78, 5) is 12.4. The molecule has 1 amide bonds. The van der Waals surface area contributed by atoms with Crippen molar-refractivity contribution < 1.29 is 9.53 Å². The van der Waals surface area contributed by atoms with E-state index in [1.807, 2.05) is 30.3 Å². The van der Waals surface area contributed by atoms with Crippen molar-refractivity contribution in [2.75, 3.05) is 0 Å². The molecule has 1 aliphatic heterocycles. The first-order valence-electron chi connectivity index (χ1n) is 8.21. The van der Waals surface area contributed by atoms with Crippen molar-refractivity contribution in [1.82, 2.24) is 20.3 Å². The molecule has 6 heteroatoms. The minimum Gasteiger partial charge on any atom is -0.365 e. The first-order valence-corrected chi connectivity index (χ1v) is 8.21. The van der Waals surface area contributed by atoms with E-state index >= 15 is 0 Å². The highest BCUT2D eigenvalue weighted by Gasteiger charge is 2.28. The van der Waals surface area contributed by atoms with Gasteiger partial charge in [-0.25, -0.2) is 4.68 Å². The summed E-state index contributed by atoms with van der Waals surface area (Å²) in [5.41, 5.74) is 2.29. The van der Waals surface area contributed by atoms with Crippen LogP contribution >= 0.6 is 0 Å². The molecule has 1 aromatic carbocycles. The normalized spacial score (nSPS) is 21.1. The number of ether oxygens (including phenoxy) is 1. The molecule has 120 valence electrons. The highest BCUT2D eigenvalue weighted by Crippen LogP contribution is 2.27. The van der Waals surface area contributed by atoms with Crippen LogP contribution in [-0.2, 0) is 17.9 Å². The lowest BCUT2D eigenvalue weighted by Gasteiger charge is -2.24. The third-order valence-corrected chi connectivity index (χ3v) is 4.67. The molecule has 23 heavy (non-hydrogen) atoms. The van der Waals surface area contributed by atoms with Crippen LogP contribution in [0.2, 0.25) is 0 Å². The molecule has 2 aromatic rings. The molecule has 1 atom stereocenters. The number of nitrogens with one attached hydrogen (secondary N) is 1. The first-order chi connectivity index (χ1) is 11.3. The molecule has 6 nitrogen and oxygen atoms in total. The van der Waals surface area contributed by atoms with E-state index in [-0.39, 0.29) is 18.1 Å². The Labute approximate surface area is 134 Å². The van der Waals surface area contributed by atoms with Crippen molar-refractivity contribution in [2.24, 2.45) is 0 Å². The van der Waals surface area contributed by atoms with Crippen LogP contribution in [-0.4, -0.2) is 26.9 Å². The number of nitrogens with zero attached hydrogens (tertiary/aromatic N) is 3. The highest BCUT2D eigenvalue weighted by molar-refractivity contribution is 5.93. The number of carbonyl (C=O) groups is 1. The number of amides is 1. The van der Waals surface area contributed by atoms with E-state index < -0.39 is 0 Å². The summed E-state index contributed by atoms with van der Waals surface area (Å²) < 4.78 is 7.73. The molecule has 1 N–H and O–H groups in total. The smallest absolute Gasteiger partial charge is 0.274 e. The summed E-state index contributed by atoms with van der Waals surface area (Å²) in [5, 5.41) is 11.3. The van der Waals surface area contributed by atoms with E-state index in [2.05, 4.69) is 15.6 Å². The maximum Gasteiger partial charge on any atom is 0.274 e. The van der Waals surface area contributed by atoms with Crippen LogP contribution in [0.4, 0.5) is 0 Å². The molecule has 1 aliphatic carbocycles. The van der Waals surface area contributed by atoms with Crippen molar-refractivity contribution in [3.8, 4) is 0 Å². The van der Waals surface area contributed by atoms with Gasteiger partial charge in [-0.05, 0) is 18.4 Å². The van der Waals surface area contributed by atoms with Crippen LogP contribution in [0.25, 0.3) is 0 Å². The molecule has 1 fully saturated rings. The third-order valence-electron chi connectivity index (χ3n) is 4.67. The fraction of sp³-hybridized carbons (Fsp3) is 0.471. The van der Waals surface area contributed by atoms with Crippen molar-refractivity contribution in [2.45, 2.75) is 51.0 Å². The number of aromatic nitrogens is 3. The molecule has 0 spiro atoms. The quantitative estimate of drug-likeness (QED) is 0.943. The molecule has 0 radical (unpaired) electrons. The number of fused-ring (bicyclic) bond motifs is 1. The molecule has 0 unspecified atom stereocenters. The number of carbonyl (C=O) groups excluding carboxylic acids is 1. The summed E-state index contributed by atoms with van der Waals surface area (Å²) in [7, 11) is 0. The van der Waals surface area contributed by atoms with E-state index in [9.17, 15) is 4.79 Å². The minimum atomic E-state index is -0.125. The Morgan fingerprint density at radius 3 is 2.78 bits per heavy atom.